The van der Waals surface area contributed by atoms with Crippen molar-refractivity contribution in [2.75, 3.05) is 26.3 Å². The van der Waals surface area contributed by atoms with Crippen LogP contribution in [-0.4, -0.2) is 48.3 Å². The van der Waals surface area contributed by atoms with Crippen LogP contribution in [-0.2, 0) is 15.9 Å². The summed E-state index contributed by atoms with van der Waals surface area (Å²) in [5.41, 5.74) is 3.87. The first kappa shape index (κ1) is 13.7. The normalized spacial score (nSPS) is 32.7. The largest absolute Gasteiger partial charge is 0.380 e. The molecule has 0 radical (unpaired) electrons. The van der Waals surface area contributed by atoms with Crippen LogP contribution in [0.25, 0.3) is 0 Å². The fourth-order valence-corrected chi connectivity index (χ4v) is 3.96. The molecule has 2 fully saturated rings. The van der Waals surface area contributed by atoms with Crippen LogP contribution < -0.4 is 0 Å². The number of aryl methyl sites for hydroxylation is 2. The van der Waals surface area contributed by atoms with E-state index < -0.39 is 0 Å². The number of fused-ring (bicyclic) bond motifs is 1. The molecule has 3 atom stereocenters. The van der Waals surface area contributed by atoms with Gasteiger partial charge in [0.1, 0.15) is 0 Å². The second-order valence-electron chi connectivity index (χ2n) is 6.61. The van der Waals surface area contributed by atoms with E-state index in [0.29, 0.717) is 12.1 Å². The molecule has 114 valence electrons. The molecular weight excluding hydrogens is 264 g/mol. The Bertz CT molecular complexity index is 514. The Morgan fingerprint density at radius 3 is 3.14 bits per heavy atom. The van der Waals surface area contributed by atoms with Crippen molar-refractivity contribution in [2.24, 2.45) is 0 Å². The summed E-state index contributed by atoms with van der Waals surface area (Å²) >= 11 is 0. The van der Waals surface area contributed by atoms with Crippen LogP contribution >= 0.6 is 0 Å². The van der Waals surface area contributed by atoms with E-state index in [-0.39, 0.29) is 6.10 Å². The minimum atomic E-state index is 0.262. The van der Waals surface area contributed by atoms with Crippen molar-refractivity contribution in [1.29, 1.82) is 0 Å². The van der Waals surface area contributed by atoms with E-state index in [0.717, 1.165) is 51.3 Å². The molecule has 0 aromatic carbocycles. The summed E-state index contributed by atoms with van der Waals surface area (Å²) in [4.78, 5) is 7.00. The molecule has 2 saturated heterocycles. The van der Waals surface area contributed by atoms with Crippen LogP contribution in [0.1, 0.15) is 42.2 Å². The van der Waals surface area contributed by atoms with Crippen molar-refractivity contribution >= 4 is 0 Å². The fourth-order valence-electron chi connectivity index (χ4n) is 3.96. The zero-order valence-corrected chi connectivity index (χ0v) is 12.8. The summed E-state index contributed by atoms with van der Waals surface area (Å²) in [5.74, 6) is 0. The van der Waals surface area contributed by atoms with Gasteiger partial charge in [0.15, 0.2) is 0 Å². The zero-order chi connectivity index (χ0) is 14.2. The molecule has 21 heavy (non-hydrogen) atoms. The molecule has 1 aromatic heterocycles. The number of hydrogen-bond acceptors (Lipinski definition) is 4. The summed E-state index contributed by atoms with van der Waals surface area (Å²) in [7, 11) is 0. The number of hydrogen-bond donors (Lipinski definition) is 0. The Hall–Kier alpha value is -0.970. The number of pyridine rings is 1. The molecule has 3 aliphatic rings. The lowest BCUT2D eigenvalue weighted by Crippen LogP contribution is -2.34. The average Bonchev–Trinajstić information content (AvgIpc) is 3.19. The quantitative estimate of drug-likeness (QED) is 0.854. The molecule has 0 bridgehead atoms. The Kier molecular flexibility index (Phi) is 3.69. The van der Waals surface area contributed by atoms with Crippen LogP contribution in [0.15, 0.2) is 12.3 Å². The first-order valence-corrected chi connectivity index (χ1v) is 8.22. The van der Waals surface area contributed by atoms with Gasteiger partial charge in [-0.25, -0.2) is 0 Å². The monoisotopic (exact) mass is 288 g/mol. The Balaban J connectivity index is 1.38. The first-order chi connectivity index (χ1) is 10.3. The molecule has 4 rings (SSSR count). The number of nitrogens with zero attached hydrogens (tertiary/aromatic N) is 2. The molecule has 0 N–H and O–H groups in total. The molecular formula is C17H24N2O2. The smallest absolute Gasteiger partial charge is 0.0850 e. The maximum Gasteiger partial charge on any atom is 0.0850 e. The molecule has 0 spiro atoms. The number of likely N-dealkylation sites (tertiary alicyclic amines) is 1. The highest BCUT2D eigenvalue weighted by atomic mass is 16.5. The molecule has 2 unspecified atom stereocenters. The van der Waals surface area contributed by atoms with Crippen LogP contribution in [0.3, 0.4) is 0 Å². The number of rotatable bonds is 3. The maximum atomic E-state index is 6.41. The lowest BCUT2D eigenvalue weighted by Gasteiger charge is -2.23. The highest BCUT2D eigenvalue weighted by Crippen LogP contribution is 2.36. The highest BCUT2D eigenvalue weighted by Gasteiger charge is 2.34. The Labute approximate surface area is 126 Å². The molecule has 1 aromatic rings. The molecule has 1 aliphatic carbocycles. The van der Waals surface area contributed by atoms with Gasteiger partial charge in [0.25, 0.3) is 0 Å². The van der Waals surface area contributed by atoms with E-state index in [9.17, 15) is 0 Å². The fraction of sp³-hybridized carbons (Fsp3) is 0.706. The maximum absolute atomic E-state index is 6.41. The van der Waals surface area contributed by atoms with Crippen molar-refractivity contribution in [3.05, 3.63) is 29.1 Å². The molecule has 4 nitrogen and oxygen atoms in total. The van der Waals surface area contributed by atoms with Gasteiger partial charge in [-0.3, -0.25) is 9.88 Å². The predicted molar refractivity (Wildman–Crippen MR) is 80.3 cm³/mol. The van der Waals surface area contributed by atoms with Gasteiger partial charge in [0.05, 0.1) is 18.8 Å². The van der Waals surface area contributed by atoms with Crippen LogP contribution in [0, 0.1) is 6.92 Å². The van der Waals surface area contributed by atoms with Gasteiger partial charge in [-0.15, -0.1) is 0 Å². The molecule has 0 saturated carbocycles. The Morgan fingerprint density at radius 1 is 1.33 bits per heavy atom. The van der Waals surface area contributed by atoms with Gasteiger partial charge in [-0.1, -0.05) is 0 Å². The van der Waals surface area contributed by atoms with Crippen molar-refractivity contribution in [3.8, 4) is 0 Å². The molecule has 2 aliphatic heterocycles. The highest BCUT2D eigenvalue weighted by molar-refractivity contribution is 5.32. The van der Waals surface area contributed by atoms with Crippen LogP contribution in [0.4, 0.5) is 0 Å². The van der Waals surface area contributed by atoms with Gasteiger partial charge in [-0.2, -0.15) is 0 Å². The lowest BCUT2D eigenvalue weighted by atomic mass is 10.1. The summed E-state index contributed by atoms with van der Waals surface area (Å²) in [6, 6.07) is 2.84. The van der Waals surface area contributed by atoms with E-state index in [4.69, 9.17) is 9.47 Å². The van der Waals surface area contributed by atoms with Crippen LogP contribution in [0.2, 0.25) is 0 Å². The molecule has 4 heteroatoms. The SMILES string of the molecule is Cc1cc2c(cn1)C(O[C@@H]1CCN(C3CCOC3)C1)CC2. The third-order valence-corrected chi connectivity index (χ3v) is 5.14. The second-order valence-corrected chi connectivity index (χ2v) is 6.61. The van der Waals surface area contributed by atoms with Gasteiger partial charge < -0.3 is 9.47 Å². The summed E-state index contributed by atoms with van der Waals surface area (Å²) in [5, 5.41) is 0. The van der Waals surface area contributed by atoms with E-state index >= 15 is 0 Å². The first-order valence-electron chi connectivity index (χ1n) is 8.22. The third-order valence-electron chi connectivity index (χ3n) is 5.14. The van der Waals surface area contributed by atoms with Gasteiger partial charge in [0.2, 0.25) is 0 Å². The van der Waals surface area contributed by atoms with Crippen molar-refractivity contribution in [2.45, 2.75) is 50.9 Å². The zero-order valence-electron chi connectivity index (χ0n) is 12.8. The van der Waals surface area contributed by atoms with Crippen molar-refractivity contribution in [3.63, 3.8) is 0 Å². The minimum absolute atomic E-state index is 0.262. The second kappa shape index (κ2) is 5.67. The van der Waals surface area contributed by atoms with Crippen molar-refractivity contribution < 1.29 is 9.47 Å². The van der Waals surface area contributed by atoms with Gasteiger partial charge in [-0.05, 0) is 44.2 Å². The molecule has 0 amide bonds. The third kappa shape index (κ3) is 2.72. The number of ether oxygens (including phenoxy) is 2. The predicted octanol–water partition coefficient (Wildman–Crippen LogP) is 2.26. The average molecular weight is 288 g/mol. The van der Waals surface area contributed by atoms with E-state index in [1.807, 2.05) is 6.20 Å². The van der Waals surface area contributed by atoms with Gasteiger partial charge >= 0.3 is 0 Å². The topological polar surface area (TPSA) is 34.6 Å². The van der Waals surface area contributed by atoms with Crippen molar-refractivity contribution in [1.82, 2.24) is 9.88 Å². The number of aromatic nitrogens is 1. The molecule has 3 heterocycles. The van der Waals surface area contributed by atoms with E-state index in [1.165, 1.54) is 17.5 Å². The standard InChI is InChI=1S/C17H24N2O2/c1-12-8-13-2-3-17(16(13)9-18-12)21-15-4-6-19(10-15)14-5-7-20-11-14/h8-9,14-15,17H,2-7,10-11H2,1H3/t14?,15-,17?/m1/s1. The minimum Gasteiger partial charge on any atom is -0.380 e. The summed E-state index contributed by atoms with van der Waals surface area (Å²) in [6.07, 6.45) is 7.25. The lowest BCUT2D eigenvalue weighted by molar-refractivity contribution is -0.00884. The Morgan fingerprint density at radius 2 is 2.29 bits per heavy atom. The summed E-state index contributed by atoms with van der Waals surface area (Å²) in [6.45, 7) is 6.12. The summed E-state index contributed by atoms with van der Waals surface area (Å²) < 4.78 is 11.9. The van der Waals surface area contributed by atoms with Gasteiger partial charge in [0, 0.05) is 43.2 Å². The van der Waals surface area contributed by atoms with E-state index in [2.05, 4.69) is 22.9 Å². The van der Waals surface area contributed by atoms with E-state index in [1.54, 1.807) is 0 Å². The van der Waals surface area contributed by atoms with Crippen LogP contribution in [0.5, 0.6) is 0 Å².